The molecule has 0 aliphatic rings. The van der Waals surface area contributed by atoms with Crippen molar-refractivity contribution >= 4 is 20.1 Å². The molecule has 1 heterocycles. The number of rotatable bonds is 10. The van der Waals surface area contributed by atoms with Crippen LogP contribution >= 0.6 is 8.19 Å². The summed E-state index contributed by atoms with van der Waals surface area (Å²) in [5, 5.41) is 3.07. The van der Waals surface area contributed by atoms with E-state index in [1.54, 1.807) is 5.30 Å². The molecule has 2 unspecified atom stereocenters. The molecule has 1 nitrogen and oxygen atoms in total. The summed E-state index contributed by atoms with van der Waals surface area (Å²) >= 11 is 0. The van der Waals surface area contributed by atoms with Crippen LogP contribution in [0.15, 0.2) is 42.5 Å². The molecule has 0 saturated heterocycles. The van der Waals surface area contributed by atoms with Crippen molar-refractivity contribution in [1.29, 1.82) is 0 Å². The van der Waals surface area contributed by atoms with E-state index in [9.17, 15) is 4.79 Å². The normalized spacial score (nSPS) is 13.3. The van der Waals surface area contributed by atoms with Gasteiger partial charge in [-0.05, 0) is 90.3 Å². The lowest BCUT2D eigenvalue weighted by Gasteiger charge is -2.21. The summed E-state index contributed by atoms with van der Waals surface area (Å²) in [4.78, 5) is 10.8. The Morgan fingerprint density at radius 2 is 1.83 bits per heavy atom. The molecule has 0 amide bonds. The van der Waals surface area contributed by atoms with Gasteiger partial charge in [0.15, 0.2) is 0 Å². The summed E-state index contributed by atoms with van der Waals surface area (Å²) in [6.07, 6.45) is 7.11. The molecule has 2 heteroatoms. The highest BCUT2D eigenvalue weighted by Gasteiger charge is 2.16. The Hall–Kier alpha value is -1.85. The van der Waals surface area contributed by atoms with E-state index >= 15 is 0 Å². The van der Waals surface area contributed by atoms with Crippen LogP contribution in [0, 0.1) is 19.8 Å². The van der Waals surface area contributed by atoms with Crippen molar-refractivity contribution < 1.29 is 4.79 Å². The number of carbonyl (C=O) groups excluding carboxylic acids is 1. The van der Waals surface area contributed by atoms with Crippen LogP contribution in [-0.2, 0) is 17.6 Å². The predicted molar refractivity (Wildman–Crippen MR) is 131 cm³/mol. The second-order valence-electron chi connectivity index (χ2n) is 8.74. The summed E-state index contributed by atoms with van der Waals surface area (Å²) in [5.74, 6) is 1.14. The Morgan fingerprint density at radius 1 is 1.17 bits per heavy atom. The summed E-state index contributed by atoms with van der Waals surface area (Å²) in [6, 6.07) is 8.62. The molecule has 29 heavy (non-hydrogen) atoms. The summed E-state index contributed by atoms with van der Waals surface area (Å²) < 4.78 is 0. The topological polar surface area (TPSA) is 17.1 Å². The zero-order chi connectivity index (χ0) is 21.6. The van der Waals surface area contributed by atoms with Crippen LogP contribution in [-0.4, -0.2) is 6.29 Å². The van der Waals surface area contributed by atoms with Gasteiger partial charge in [0.25, 0.3) is 0 Å². The van der Waals surface area contributed by atoms with Crippen molar-refractivity contribution in [2.45, 2.75) is 73.1 Å². The maximum absolute atomic E-state index is 10.8. The van der Waals surface area contributed by atoms with Crippen molar-refractivity contribution in [3.8, 4) is 0 Å². The lowest BCUT2D eigenvalue weighted by Crippen LogP contribution is -2.04. The fourth-order valence-electron chi connectivity index (χ4n) is 4.40. The average molecular weight is 409 g/mol. The van der Waals surface area contributed by atoms with Crippen LogP contribution in [0.25, 0.3) is 5.57 Å². The zero-order valence-electron chi connectivity index (χ0n) is 19.1. The lowest BCUT2D eigenvalue weighted by molar-refractivity contribution is -0.107. The van der Waals surface area contributed by atoms with Crippen LogP contribution in [0.1, 0.15) is 79.3 Å². The summed E-state index contributed by atoms with van der Waals surface area (Å²) in [5.41, 5.74) is 7.84. The molecule has 0 radical (unpaired) electrons. The van der Waals surface area contributed by atoms with Gasteiger partial charge in [0.1, 0.15) is 6.29 Å². The van der Waals surface area contributed by atoms with E-state index < -0.39 is 0 Å². The number of hydrogen-bond donors (Lipinski definition) is 0. The van der Waals surface area contributed by atoms with Gasteiger partial charge in [-0.3, -0.25) is 0 Å². The third-order valence-corrected chi connectivity index (χ3v) is 7.39. The Balaban J connectivity index is 2.22. The molecule has 2 aromatic rings. The number of allylic oxidation sites excluding steroid dienone is 3. The van der Waals surface area contributed by atoms with Gasteiger partial charge in [0.05, 0.1) is 0 Å². The monoisotopic (exact) mass is 408 g/mol. The van der Waals surface area contributed by atoms with E-state index in [0.717, 1.165) is 44.9 Å². The van der Waals surface area contributed by atoms with Crippen molar-refractivity contribution in [1.82, 2.24) is 0 Å². The van der Waals surface area contributed by atoms with E-state index in [1.807, 2.05) is 0 Å². The quantitative estimate of drug-likeness (QED) is 0.289. The largest absolute Gasteiger partial charge is 0.303 e. The maximum Gasteiger partial charge on any atom is 0.124 e. The second-order valence-corrected chi connectivity index (χ2v) is 10.3. The van der Waals surface area contributed by atoms with Crippen molar-refractivity contribution in [2.24, 2.45) is 5.92 Å². The zero-order valence-corrected chi connectivity index (χ0v) is 20.1. The number of aryl methyl sites for hydroxylation is 2. The SMILES string of the molecule is C=C(/C=C(/C)CC(CC(C)C)c1ccc(CC=O)cc1)c1c(C)[pH]c(CC)c1C. The Bertz CT molecular complexity index is 865. The minimum Gasteiger partial charge on any atom is -0.303 e. The molecule has 0 spiro atoms. The molecule has 2 rings (SSSR count). The van der Waals surface area contributed by atoms with Gasteiger partial charge in [-0.15, -0.1) is 8.19 Å². The van der Waals surface area contributed by atoms with E-state index in [1.165, 1.54) is 27.6 Å². The van der Waals surface area contributed by atoms with E-state index in [2.05, 4.69) is 78.5 Å². The second kappa shape index (κ2) is 10.8. The van der Waals surface area contributed by atoms with E-state index in [-0.39, 0.29) is 0 Å². The number of benzene rings is 1. The fraction of sp³-hybridized carbons (Fsp3) is 0.444. The summed E-state index contributed by atoms with van der Waals surface area (Å²) in [7, 11) is 0.836. The third-order valence-electron chi connectivity index (χ3n) is 5.73. The fourth-order valence-corrected chi connectivity index (χ4v) is 5.81. The molecule has 0 saturated carbocycles. The van der Waals surface area contributed by atoms with E-state index in [4.69, 9.17) is 0 Å². The van der Waals surface area contributed by atoms with Crippen LogP contribution in [0.5, 0.6) is 0 Å². The smallest absolute Gasteiger partial charge is 0.124 e. The molecule has 156 valence electrons. The van der Waals surface area contributed by atoms with E-state index in [0.29, 0.717) is 18.3 Å². The standard InChI is InChI=1S/C27H37OP/c1-8-26-21(6)27(22(7)29-26)20(5)16-19(4)17-25(15-18(2)3)24-11-9-23(10-12-24)13-14-28/h9-12,14,16,18,25,29H,5,8,13,15,17H2,1-4,6-7H3/b19-16-. The Morgan fingerprint density at radius 3 is 2.34 bits per heavy atom. The minimum atomic E-state index is 0.493. The molecule has 2 atom stereocenters. The van der Waals surface area contributed by atoms with Gasteiger partial charge in [0.2, 0.25) is 0 Å². The van der Waals surface area contributed by atoms with Gasteiger partial charge >= 0.3 is 0 Å². The summed E-state index contributed by atoms with van der Waals surface area (Å²) in [6.45, 7) is 18.0. The minimum absolute atomic E-state index is 0.493. The van der Waals surface area contributed by atoms with Crippen LogP contribution in [0.4, 0.5) is 0 Å². The van der Waals surface area contributed by atoms with Gasteiger partial charge in [-0.25, -0.2) is 0 Å². The number of carbonyl (C=O) groups is 1. The van der Waals surface area contributed by atoms with Crippen LogP contribution in [0.3, 0.4) is 0 Å². The van der Waals surface area contributed by atoms with Gasteiger partial charge in [0, 0.05) is 6.42 Å². The predicted octanol–water partition coefficient (Wildman–Crippen LogP) is 7.82. The van der Waals surface area contributed by atoms with Crippen LogP contribution in [0.2, 0.25) is 0 Å². The first-order valence-corrected chi connectivity index (χ1v) is 11.8. The Kier molecular flexibility index (Phi) is 8.72. The number of aldehydes is 1. The Labute approximate surface area is 179 Å². The first-order chi connectivity index (χ1) is 13.8. The molecule has 0 aliphatic carbocycles. The lowest BCUT2D eigenvalue weighted by atomic mass is 9.84. The van der Waals surface area contributed by atoms with Crippen molar-refractivity contribution in [3.05, 3.63) is 75.3 Å². The molecule has 1 aromatic carbocycles. The third kappa shape index (κ3) is 6.31. The molecular formula is C27H37OP. The van der Waals surface area contributed by atoms with Crippen LogP contribution < -0.4 is 0 Å². The first kappa shape index (κ1) is 23.4. The molecule has 0 aliphatic heterocycles. The highest BCUT2D eigenvalue weighted by atomic mass is 31.0. The van der Waals surface area contributed by atoms with Gasteiger partial charge < -0.3 is 4.79 Å². The molecular weight excluding hydrogens is 371 g/mol. The number of hydrogen-bond acceptors (Lipinski definition) is 1. The molecule has 0 N–H and O–H groups in total. The molecule has 0 bridgehead atoms. The highest BCUT2D eigenvalue weighted by molar-refractivity contribution is 7.32. The van der Waals surface area contributed by atoms with Crippen molar-refractivity contribution in [2.75, 3.05) is 0 Å². The highest BCUT2D eigenvalue weighted by Crippen LogP contribution is 2.37. The first-order valence-electron chi connectivity index (χ1n) is 10.8. The average Bonchev–Trinajstić information content (AvgIpc) is 2.95. The molecule has 0 fully saturated rings. The van der Waals surface area contributed by atoms with Gasteiger partial charge in [-0.2, -0.15) is 0 Å². The maximum atomic E-state index is 10.8. The van der Waals surface area contributed by atoms with Gasteiger partial charge in [-0.1, -0.05) is 63.3 Å². The van der Waals surface area contributed by atoms with Crippen molar-refractivity contribution in [3.63, 3.8) is 0 Å². The molecule has 1 aromatic heterocycles.